The number of imidazole rings is 1. The average molecular weight is 518 g/mol. The molecule has 4 heterocycles. The molecule has 0 saturated carbocycles. The monoisotopic (exact) mass is 517 g/mol. The number of anilines is 2. The number of aliphatic hydroxyl groups excluding tert-OH is 1. The van der Waals surface area contributed by atoms with E-state index in [4.69, 9.17) is 9.47 Å². The zero-order chi connectivity index (χ0) is 25.9. The Morgan fingerprint density at radius 2 is 1.89 bits per heavy atom. The maximum Gasteiger partial charge on any atom is 0.296 e. The highest BCUT2D eigenvalue weighted by Gasteiger charge is 2.28. The van der Waals surface area contributed by atoms with Gasteiger partial charge in [0.05, 0.1) is 43.6 Å². The lowest BCUT2D eigenvalue weighted by Gasteiger charge is -2.34. The second-order valence-electron chi connectivity index (χ2n) is 8.93. The number of alkyl halides is 2. The Balaban J connectivity index is 1.51. The van der Waals surface area contributed by atoms with E-state index in [2.05, 4.69) is 20.3 Å². The summed E-state index contributed by atoms with van der Waals surface area (Å²) in [5, 5.41) is 12.5. The number of aliphatic hydroxyl groups is 1. The SMILES string of the molecule is C[C@H](Nc1nc(N2CCOCC2)cc(-n2c(C(F)F)nc3ccccc32)n1)C(=O)N1CCOC(CO)C1. The molecule has 11 nitrogen and oxygen atoms in total. The molecule has 2 aliphatic heterocycles. The number of carbonyl (C=O) groups excluding carboxylic acids is 1. The summed E-state index contributed by atoms with van der Waals surface area (Å²) >= 11 is 0. The third-order valence-electron chi connectivity index (χ3n) is 6.42. The number of amides is 1. The Labute approximate surface area is 212 Å². The predicted molar refractivity (Wildman–Crippen MR) is 131 cm³/mol. The van der Waals surface area contributed by atoms with Gasteiger partial charge in [0.2, 0.25) is 11.9 Å². The Morgan fingerprint density at radius 1 is 1.14 bits per heavy atom. The van der Waals surface area contributed by atoms with Crippen LogP contribution in [-0.2, 0) is 14.3 Å². The molecule has 2 atom stereocenters. The minimum absolute atomic E-state index is 0.129. The number of ether oxygens (including phenoxy) is 2. The number of nitrogens with zero attached hydrogens (tertiary/aromatic N) is 6. The summed E-state index contributed by atoms with van der Waals surface area (Å²) < 4.78 is 40.3. The van der Waals surface area contributed by atoms with Crippen molar-refractivity contribution in [1.82, 2.24) is 24.4 Å². The number of hydrogen-bond donors (Lipinski definition) is 2. The van der Waals surface area contributed by atoms with Crippen molar-refractivity contribution in [3.63, 3.8) is 0 Å². The summed E-state index contributed by atoms with van der Waals surface area (Å²) in [6.07, 6.45) is -3.26. The van der Waals surface area contributed by atoms with Crippen LogP contribution in [0, 0.1) is 0 Å². The lowest BCUT2D eigenvalue weighted by atomic mass is 10.2. The van der Waals surface area contributed by atoms with Crippen molar-refractivity contribution in [2.45, 2.75) is 25.5 Å². The van der Waals surface area contributed by atoms with Crippen LogP contribution in [-0.4, -0.2) is 100 Å². The molecular formula is C24H29F2N7O4. The largest absolute Gasteiger partial charge is 0.394 e. The van der Waals surface area contributed by atoms with Crippen LogP contribution in [0.2, 0.25) is 0 Å². The van der Waals surface area contributed by atoms with Gasteiger partial charge in [-0.15, -0.1) is 0 Å². The number of fused-ring (bicyclic) bond motifs is 1. The minimum atomic E-state index is -2.83. The van der Waals surface area contributed by atoms with Crippen molar-refractivity contribution in [2.75, 3.05) is 62.8 Å². The second kappa shape index (κ2) is 10.9. The first-order valence-corrected chi connectivity index (χ1v) is 12.2. The Hall–Kier alpha value is -3.42. The molecule has 2 aliphatic rings. The molecule has 2 saturated heterocycles. The second-order valence-corrected chi connectivity index (χ2v) is 8.93. The zero-order valence-corrected chi connectivity index (χ0v) is 20.4. The molecule has 2 N–H and O–H groups in total. The van der Waals surface area contributed by atoms with Crippen LogP contribution < -0.4 is 10.2 Å². The fourth-order valence-electron chi connectivity index (χ4n) is 4.55. The molecular weight excluding hydrogens is 488 g/mol. The number of nitrogens with one attached hydrogen (secondary N) is 1. The van der Waals surface area contributed by atoms with Crippen molar-refractivity contribution in [1.29, 1.82) is 0 Å². The van der Waals surface area contributed by atoms with Gasteiger partial charge in [0.15, 0.2) is 5.82 Å². The molecule has 1 unspecified atom stereocenters. The molecule has 1 aromatic carbocycles. The lowest BCUT2D eigenvalue weighted by Crippen LogP contribution is -2.51. The van der Waals surface area contributed by atoms with E-state index in [1.54, 1.807) is 42.2 Å². The smallest absolute Gasteiger partial charge is 0.296 e. The van der Waals surface area contributed by atoms with Crippen LogP contribution in [0.5, 0.6) is 0 Å². The molecule has 0 bridgehead atoms. The number of carbonyl (C=O) groups is 1. The van der Waals surface area contributed by atoms with Crippen LogP contribution in [0.3, 0.4) is 0 Å². The summed E-state index contributed by atoms with van der Waals surface area (Å²) in [5.41, 5.74) is 0.913. The van der Waals surface area contributed by atoms with Gasteiger partial charge in [-0.25, -0.2) is 13.8 Å². The minimum Gasteiger partial charge on any atom is -0.394 e. The van der Waals surface area contributed by atoms with Crippen molar-refractivity contribution < 1.29 is 28.2 Å². The zero-order valence-electron chi connectivity index (χ0n) is 20.4. The molecule has 1 amide bonds. The molecule has 0 aliphatic carbocycles. The summed E-state index contributed by atoms with van der Waals surface area (Å²) in [6, 6.07) is 7.81. The van der Waals surface area contributed by atoms with Gasteiger partial charge in [0.25, 0.3) is 6.43 Å². The molecule has 2 fully saturated rings. The third kappa shape index (κ3) is 5.33. The first-order valence-electron chi connectivity index (χ1n) is 12.2. The average Bonchev–Trinajstić information content (AvgIpc) is 3.33. The van der Waals surface area contributed by atoms with Crippen LogP contribution >= 0.6 is 0 Å². The first kappa shape index (κ1) is 25.2. The van der Waals surface area contributed by atoms with Gasteiger partial charge in [0.1, 0.15) is 17.7 Å². The maximum atomic E-state index is 14.0. The van der Waals surface area contributed by atoms with E-state index >= 15 is 0 Å². The Morgan fingerprint density at radius 3 is 2.65 bits per heavy atom. The fraction of sp³-hybridized carbons (Fsp3) is 0.500. The number of para-hydroxylation sites is 2. The van der Waals surface area contributed by atoms with Gasteiger partial charge in [-0.1, -0.05) is 12.1 Å². The summed E-state index contributed by atoms with van der Waals surface area (Å²) in [7, 11) is 0. The van der Waals surface area contributed by atoms with Crippen molar-refractivity contribution >= 4 is 28.7 Å². The van der Waals surface area contributed by atoms with E-state index in [0.29, 0.717) is 56.3 Å². The van der Waals surface area contributed by atoms with Gasteiger partial charge in [-0.2, -0.15) is 9.97 Å². The standard InChI is InChI=1S/C24H29F2N7O4/c1-15(23(35)32-8-11-37-16(13-32)14-34)27-24-29-19(31-6-9-36-10-7-31)12-20(30-24)33-18-5-3-2-4-17(18)28-22(33)21(25)26/h2-5,12,15-16,21,34H,6-11,13-14H2,1H3,(H,27,29,30)/t15-,16?/m0/s1. The highest BCUT2D eigenvalue weighted by molar-refractivity contribution is 5.84. The van der Waals surface area contributed by atoms with Crippen molar-refractivity contribution in [3.05, 3.63) is 36.2 Å². The molecule has 0 radical (unpaired) electrons. The van der Waals surface area contributed by atoms with Crippen LogP contribution in [0.4, 0.5) is 20.5 Å². The van der Waals surface area contributed by atoms with Gasteiger partial charge in [-0.3, -0.25) is 9.36 Å². The van der Waals surface area contributed by atoms with Gasteiger partial charge >= 0.3 is 0 Å². The van der Waals surface area contributed by atoms with Crippen molar-refractivity contribution in [2.24, 2.45) is 0 Å². The molecule has 37 heavy (non-hydrogen) atoms. The van der Waals surface area contributed by atoms with Crippen molar-refractivity contribution in [3.8, 4) is 5.82 Å². The van der Waals surface area contributed by atoms with E-state index in [1.165, 1.54) is 4.57 Å². The van der Waals surface area contributed by atoms with Gasteiger partial charge < -0.3 is 29.7 Å². The normalized spacial score (nSPS) is 19.4. The summed E-state index contributed by atoms with van der Waals surface area (Å²) in [5.74, 6) is 0.246. The molecule has 3 aromatic rings. The van der Waals surface area contributed by atoms with Crippen LogP contribution in [0.1, 0.15) is 19.2 Å². The third-order valence-corrected chi connectivity index (χ3v) is 6.42. The van der Waals surface area contributed by atoms with E-state index in [9.17, 15) is 18.7 Å². The maximum absolute atomic E-state index is 14.0. The number of benzene rings is 1. The Kier molecular flexibility index (Phi) is 7.44. The highest BCUT2D eigenvalue weighted by atomic mass is 19.3. The van der Waals surface area contributed by atoms with E-state index in [1.807, 2.05) is 4.90 Å². The number of morpholine rings is 2. The number of hydrogen-bond acceptors (Lipinski definition) is 9. The van der Waals surface area contributed by atoms with Gasteiger partial charge in [-0.05, 0) is 19.1 Å². The van der Waals surface area contributed by atoms with Crippen LogP contribution in [0.15, 0.2) is 30.3 Å². The van der Waals surface area contributed by atoms with Gasteiger partial charge in [0, 0.05) is 32.2 Å². The molecule has 13 heteroatoms. The topological polar surface area (TPSA) is 118 Å². The quantitative estimate of drug-likeness (QED) is 0.482. The number of rotatable bonds is 7. The summed E-state index contributed by atoms with van der Waals surface area (Å²) in [4.78, 5) is 30.0. The Bertz CT molecular complexity index is 1250. The molecule has 5 rings (SSSR count). The highest BCUT2D eigenvalue weighted by Crippen LogP contribution is 2.29. The first-order chi connectivity index (χ1) is 17.9. The summed E-state index contributed by atoms with van der Waals surface area (Å²) in [6.45, 7) is 4.70. The fourth-order valence-corrected chi connectivity index (χ4v) is 4.55. The molecule has 198 valence electrons. The predicted octanol–water partition coefficient (Wildman–Crippen LogP) is 1.61. The van der Waals surface area contributed by atoms with Crippen LogP contribution in [0.25, 0.3) is 16.9 Å². The molecule has 0 spiro atoms. The number of aromatic nitrogens is 4. The van der Waals surface area contributed by atoms with E-state index < -0.39 is 24.4 Å². The molecule has 2 aromatic heterocycles. The van der Waals surface area contributed by atoms with E-state index in [-0.39, 0.29) is 30.8 Å². The number of halogens is 2. The van der Waals surface area contributed by atoms with E-state index in [0.717, 1.165) is 0 Å². The lowest BCUT2D eigenvalue weighted by molar-refractivity contribution is -0.140.